The quantitative estimate of drug-likeness (QED) is 0.683. The monoisotopic (exact) mass is 414 g/mol. The molecule has 29 heavy (non-hydrogen) atoms. The number of piperidine rings is 2. The number of aromatic amines is 1. The third-order valence-electron chi connectivity index (χ3n) is 6.32. The van der Waals surface area contributed by atoms with E-state index in [0.717, 1.165) is 30.5 Å². The van der Waals surface area contributed by atoms with Crippen molar-refractivity contribution in [2.45, 2.75) is 31.1 Å². The van der Waals surface area contributed by atoms with Crippen molar-refractivity contribution in [1.29, 1.82) is 0 Å². The van der Waals surface area contributed by atoms with Crippen LogP contribution >= 0.6 is 11.3 Å². The SMILES string of the molecule is CN1CC2CCC1C(F)[C@H]2N(C)c1nnc(-c2ccc(-c3cn[nH]c3)cc2O)s1. The van der Waals surface area contributed by atoms with Gasteiger partial charge in [-0.05, 0) is 43.5 Å². The molecule has 2 aliphatic heterocycles. The summed E-state index contributed by atoms with van der Waals surface area (Å²) in [7, 11) is 3.92. The van der Waals surface area contributed by atoms with Crippen molar-refractivity contribution in [2.75, 3.05) is 25.5 Å². The summed E-state index contributed by atoms with van der Waals surface area (Å²) in [6, 6.07) is 5.25. The number of fused-ring (bicyclic) bond motifs is 3. The molecule has 3 fully saturated rings. The van der Waals surface area contributed by atoms with E-state index in [-0.39, 0.29) is 17.8 Å². The van der Waals surface area contributed by atoms with Gasteiger partial charge < -0.3 is 14.9 Å². The molecular formula is C20H23FN6OS. The fraction of sp³-hybridized carbons (Fsp3) is 0.450. The fourth-order valence-electron chi connectivity index (χ4n) is 4.80. The molecule has 1 aliphatic carbocycles. The van der Waals surface area contributed by atoms with Crippen LogP contribution in [0.2, 0.25) is 0 Å². The molecule has 2 aromatic heterocycles. The van der Waals surface area contributed by atoms with E-state index in [1.165, 1.54) is 11.3 Å². The first-order valence-corrected chi connectivity index (χ1v) is 10.6. The van der Waals surface area contributed by atoms with Crippen LogP contribution in [-0.2, 0) is 0 Å². The molecule has 9 heteroatoms. The third-order valence-corrected chi connectivity index (χ3v) is 7.37. The maximum atomic E-state index is 15.1. The molecule has 4 heterocycles. The molecule has 1 aromatic carbocycles. The molecule has 0 spiro atoms. The largest absolute Gasteiger partial charge is 0.507 e. The molecule has 7 nitrogen and oxygen atoms in total. The maximum absolute atomic E-state index is 15.1. The molecule has 1 saturated carbocycles. The van der Waals surface area contributed by atoms with E-state index < -0.39 is 6.17 Å². The van der Waals surface area contributed by atoms with Crippen LogP contribution in [0.4, 0.5) is 9.52 Å². The molecular weight excluding hydrogens is 391 g/mol. The van der Waals surface area contributed by atoms with E-state index >= 15 is 4.39 Å². The van der Waals surface area contributed by atoms with E-state index in [0.29, 0.717) is 21.6 Å². The lowest BCUT2D eigenvalue weighted by Gasteiger charge is -2.52. The summed E-state index contributed by atoms with van der Waals surface area (Å²) in [5.41, 5.74) is 2.39. The van der Waals surface area contributed by atoms with Gasteiger partial charge in [0.2, 0.25) is 5.13 Å². The molecule has 0 amide bonds. The van der Waals surface area contributed by atoms with E-state index in [1.54, 1.807) is 18.5 Å². The molecule has 2 bridgehead atoms. The molecule has 3 unspecified atom stereocenters. The van der Waals surface area contributed by atoms with E-state index in [2.05, 4.69) is 25.3 Å². The highest BCUT2D eigenvalue weighted by Crippen LogP contribution is 2.42. The van der Waals surface area contributed by atoms with Crippen LogP contribution in [0, 0.1) is 5.92 Å². The average molecular weight is 415 g/mol. The third kappa shape index (κ3) is 3.08. The first kappa shape index (κ1) is 18.5. The minimum atomic E-state index is -0.896. The summed E-state index contributed by atoms with van der Waals surface area (Å²) in [6.45, 7) is 0.919. The van der Waals surface area contributed by atoms with Crippen molar-refractivity contribution < 1.29 is 9.50 Å². The zero-order valence-electron chi connectivity index (χ0n) is 16.3. The van der Waals surface area contributed by atoms with Gasteiger partial charge in [0, 0.05) is 31.4 Å². The molecule has 2 N–H and O–H groups in total. The maximum Gasteiger partial charge on any atom is 0.208 e. The Morgan fingerprint density at radius 2 is 2.14 bits per heavy atom. The Morgan fingerprint density at radius 1 is 1.28 bits per heavy atom. The number of aromatic hydroxyl groups is 1. The van der Waals surface area contributed by atoms with Crippen LogP contribution in [0.3, 0.4) is 0 Å². The lowest BCUT2D eigenvalue weighted by Crippen LogP contribution is -2.64. The van der Waals surface area contributed by atoms with Gasteiger partial charge in [0.05, 0.1) is 17.8 Å². The first-order valence-electron chi connectivity index (χ1n) is 9.76. The molecule has 152 valence electrons. The smallest absolute Gasteiger partial charge is 0.208 e. The number of alkyl halides is 1. The molecule has 3 aromatic rings. The standard InChI is InChI=1S/C20H23FN6OS/c1-26-10-12-4-6-15(26)17(21)18(12)27(2)20-25-24-19(29-20)14-5-3-11(7-16(14)28)13-8-22-23-9-13/h3,5,7-9,12,15,17-18,28H,4,6,10H2,1-2H3,(H,22,23)/t12?,15?,17?,18-/m0/s1. The highest BCUT2D eigenvalue weighted by molar-refractivity contribution is 7.18. The molecule has 4 atom stereocenters. The first-order chi connectivity index (χ1) is 14.0. The van der Waals surface area contributed by atoms with Crippen molar-refractivity contribution in [3.8, 4) is 27.4 Å². The second kappa shape index (κ2) is 7.07. The lowest BCUT2D eigenvalue weighted by molar-refractivity contribution is -0.0175. The number of nitrogens with zero attached hydrogens (tertiary/aromatic N) is 5. The van der Waals surface area contributed by atoms with Gasteiger partial charge >= 0.3 is 0 Å². The molecule has 2 saturated heterocycles. The van der Waals surface area contributed by atoms with E-state index in [1.807, 2.05) is 31.1 Å². The second-order valence-electron chi connectivity index (χ2n) is 8.00. The number of phenolic OH excluding ortho intramolecular Hbond substituents is 1. The molecule has 6 rings (SSSR count). The summed E-state index contributed by atoms with van der Waals surface area (Å²) in [4.78, 5) is 4.10. The Balaban J connectivity index is 1.40. The zero-order valence-corrected chi connectivity index (χ0v) is 17.1. The molecule has 3 aliphatic rings. The lowest BCUT2D eigenvalue weighted by atomic mass is 9.74. The van der Waals surface area contributed by atoms with Gasteiger partial charge in [-0.1, -0.05) is 17.4 Å². The summed E-state index contributed by atoms with van der Waals surface area (Å²) >= 11 is 1.38. The predicted molar refractivity (Wildman–Crippen MR) is 111 cm³/mol. The average Bonchev–Trinajstić information content (AvgIpc) is 3.40. The number of nitrogens with one attached hydrogen (secondary N) is 1. The number of halogens is 1. The number of anilines is 1. The van der Waals surface area contributed by atoms with Crippen LogP contribution in [0.15, 0.2) is 30.6 Å². The summed E-state index contributed by atoms with van der Waals surface area (Å²) in [5.74, 6) is 0.427. The number of benzene rings is 1. The summed E-state index contributed by atoms with van der Waals surface area (Å²) in [6.07, 6.45) is 4.55. The second-order valence-corrected chi connectivity index (χ2v) is 8.95. The van der Waals surface area contributed by atoms with E-state index in [4.69, 9.17) is 0 Å². The van der Waals surface area contributed by atoms with Crippen molar-refractivity contribution in [1.82, 2.24) is 25.3 Å². The topological polar surface area (TPSA) is 81.2 Å². The summed E-state index contributed by atoms with van der Waals surface area (Å²) < 4.78 is 15.1. The van der Waals surface area contributed by atoms with Gasteiger partial charge in [-0.25, -0.2) is 4.39 Å². The number of phenols is 1. The van der Waals surface area contributed by atoms with Crippen molar-refractivity contribution >= 4 is 16.5 Å². The van der Waals surface area contributed by atoms with Crippen LogP contribution in [0.5, 0.6) is 5.75 Å². The normalized spacial score (nSPS) is 26.7. The number of H-pyrrole nitrogens is 1. The van der Waals surface area contributed by atoms with Gasteiger partial charge in [0.1, 0.15) is 11.9 Å². The Kier molecular flexibility index (Phi) is 4.51. The Hall–Kier alpha value is -2.52. The van der Waals surface area contributed by atoms with Crippen LogP contribution < -0.4 is 4.90 Å². The predicted octanol–water partition coefficient (Wildman–Crippen LogP) is 3.17. The van der Waals surface area contributed by atoms with Crippen molar-refractivity contribution in [3.05, 3.63) is 30.6 Å². The fourth-order valence-corrected chi connectivity index (χ4v) is 5.68. The van der Waals surface area contributed by atoms with Gasteiger partial charge in [-0.15, -0.1) is 10.2 Å². The minimum absolute atomic E-state index is 0.0145. The van der Waals surface area contributed by atoms with Crippen molar-refractivity contribution in [3.63, 3.8) is 0 Å². The summed E-state index contributed by atoms with van der Waals surface area (Å²) in [5, 5.41) is 27.1. The van der Waals surface area contributed by atoms with Crippen LogP contribution in [-0.4, -0.2) is 69.3 Å². The number of hydrogen-bond acceptors (Lipinski definition) is 7. The minimum Gasteiger partial charge on any atom is -0.507 e. The van der Waals surface area contributed by atoms with E-state index in [9.17, 15) is 5.11 Å². The van der Waals surface area contributed by atoms with Crippen LogP contribution in [0.1, 0.15) is 12.8 Å². The van der Waals surface area contributed by atoms with Crippen LogP contribution in [0.25, 0.3) is 21.7 Å². The van der Waals surface area contributed by atoms with Crippen molar-refractivity contribution in [2.24, 2.45) is 5.92 Å². The van der Waals surface area contributed by atoms with Gasteiger partial charge in [0.15, 0.2) is 5.01 Å². The molecule has 0 radical (unpaired) electrons. The Morgan fingerprint density at radius 3 is 2.83 bits per heavy atom. The number of aromatic nitrogens is 4. The van der Waals surface area contributed by atoms with Gasteiger partial charge in [-0.2, -0.15) is 5.10 Å². The van der Waals surface area contributed by atoms with Gasteiger partial charge in [0.25, 0.3) is 0 Å². The Labute approximate surface area is 172 Å². The Bertz CT molecular complexity index is 1010. The highest BCUT2D eigenvalue weighted by Gasteiger charge is 2.49. The van der Waals surface area contributed by atoms with Gasteiger partial charge in [-0.3, -0.25) is 5.10 Å². The highest BCUT2D eigenvalue weighted by atomic mass is 32.1. The zero-order chi connectivity index (χ0) is 20.1. The number of rotatable bonds is 4. The number of hydrogen-bond donors (Lipinski definition) is 2.